The molecule has 0 aromatic heterocycles. The predicted molar refractivity (Wildman–Crippen MR) is 81.5 cm³/mol. The van der Waals surface area contributed by atoms with Crippen LogP contribution in [-0.2, 0) is 9.53 Å². The zero-order valence-electron chi connectivity index (χ0n) is 13.7. The maximum atomic E-state index is 11.6. The van der Waals surface area contributed by atoms with E-state index in [4.69, 9.17) is 10.5 Å². The van der Waals surface area contributed by atoms with E-state index in [-0.39, 0.29) is 12.0 Å². The van der Waals surface area contributed by atoms with Crippen LogP contribution in [0.25, 0.3) is 0 Å². The largest absolute Gasteiger partial charge is 0.468 e. The summed E-state index contributed by atoms with van der Waals surface area (Å²) in [6.07, 6.45) is 3.12. The van der Waals surface area contributed by atoms with Gasteiger partial charge in [0.25, 0.3) is 0 Å². The summed E-state index contributed by atoms with van der Waals surface area (Å²) in [6, 6.07) is 0.267. The van der Waals surface area contributed by atoms with Crippen LogP contribution in [0.15, 0.2) is 0 Å². The average molecular weight is 285 g/mol. The van der Waals surface area contributed by atoms with Gasteiger partial charge in [0.2, 0.25) is 0 Å². The highest BCUT2D eigenvalue weighted by atomic mass is 16.5. The van der Waals surface area contributed by atoms with E-state index in [1.54, 1.807) is 6.92 Å². The van der Waals surface area contributed by atoms with Crippen LogP contribution >= 0.6 is 0 Å². The highest BCUT2D eigenvalue weighted by Gasteiger charge is 2.33. The second-order valence-corrected chi connectivity index (χ2v) is 6.65. The second-order valence-electron chi connectivity index (χ2n) is 6.65. The number of hydrogen-bond donors (Lipinski definition) is 1. The Balaban J connectivity index is 2.42. The molecule has 1 rings (SSSR count). The lowest BCUT2D eigenvalue weighted by atomic mass is 9.92. The van der Waals surface area contributed by atoms with E-state index in [0.29, 0.717) is 6.42 Å². The third-order valence-electron chi connectivity index (χ3n) is 4.51. The van der Waals surface area contributed by atoms with Gasteiger partial charge in [-0.2, -0.15) is 0 Å². The van der Waals surface area contributed by atoms with Crippen LogP contribution in [0.1, 0.15) is 33.1 Å². The smallest absolute Gasteiger partial charge is 0.325 e. The molecule has 2 N–H and O–H groups in total. The van der Waals surface area contributed by atoms with Crippen LogP contribution < -0.4 is 5.73 Å². The minimum Gasteiger partial charge on any atom is -0.468 e. The van der Waals surface area contributed by atoms with Crippen LogP contribution in [0.2, 0.25) is 0 Å². The van der Waals surface area contributed by atoms with Gasteiger partial charge in [0.15, 0.2) is 0 Å². The molecular formula is C15H31N3O2. The van der Waals surface area contributed by atoms with Crippen molar-refractivity contribution in [1.29, 1.82) is 0 Å². The summed E-state index contributed by atoms with van der Waals surface area (Å²) >= 11 is 0. The Labute approximate surface area is 123 Å². The number of likely N-dealkylation sites (tertiary alicyclic amines) is 1. The molecule has 5 nitrogen and oxygen atoms in total. The number of esters is 1. The molecule has 5 heteroatoms. The maximum absolute atomic E-state index is 11.6. The molecule has 1 aliphatic rings. The number of rotatable bonds is 6. The molecule has 1 saturated heterocycles. The zero-order chi connectivity index (χ0) is 15.3. The molecule has 0 radical (unpaired) electrons. The number of ether oxygens (including phenoxy) is 1. The molecule has 0 aliphatic carbocycles. The van der Waals surface area contributed by atoms with E-state index in [2.05, 4.69) is 30.8 Å². The van der Waals surface area contributed by atoms with E-state index in [0.717, 1.165) is 12.5 Å². The Morgan fingerprint density at radius 1 is 1.50 bits per heavy atom. The minimum absolute atomic E-state index is 0.267. The molecule has 0 bridgehead atoms. The Morgan fingerprint density at radius 2 is 2.05 bits per heavy atom. The lowest BCUT2D eigenvalue weighted by molar-refractivity contribution is -0.147. The van der Waals surface area contributed by atoms with Gasteiger partial charge in [0, 0.05) is 12.6 Å². The molecular weight excluding hydrogens is 254 g/mol. The summed E-state index contributed by atoms with van der Waals surface area (Å²) in [7, 11) is 5.69. The Kier molecular flexibility index (Phi) is 6.43. The third-order valence-corrected chi connectivity index (χ3v) is 4.51. The lowest BCUT2D eigenvalue weighted by Crippen LogP contribution is -2.51. The Morgan fingerprint density at radius 3 is 2.55 bits per heavy atom. The number of carbonyl (C=O) groups excluding carboxylic acids is 1. The first-order chi connectivity index (χ1) is 9.26. The summed E-state index contributed by atoms with van der Waals surface area (Å²) in [5, 5.41) is 0. The SMILES string of the molecule is COC(=O)C(C)(N)CC(C)N(C)CC1CCN(C)CC1. The van der Waals surface area contributed by atoms with Crippen LogP contribution in [0.4, 0.5) is 0 Å². The first-order valence-corrected chi connectivity index (χ1v) is 7.52. The topological polar surface area (TPSA) is 58.8 Å². The summed E-state index contributed by atoms with van der Waals surface area (Å²) in [5.74, 6) is 0.415. The molecule has 2 unspecified atom stereocenters. The molecule has 118 valence electrons. The number of nitrogens with zero attached hydrogens (tertiary/aromatic N) is 2. The molecule has 0 aromatic carbocycles. The van der Waals surface area contributed by atoms with Crippen molar-refractivity contribution in [3.05, 3.63) is 0 Å². The fraction of sp³-hybridized carbons (Fsp3) is 0.933. The van der Waals surface area contributed by atoms with Gasteiger partial charge in [-0.25, -0.2) is 0 Å². The lowest BCUT2D eigenvalue weighted by Gasteiger charge is -2.36. The van der Waals surface area contributed by atoms with Gasteiger partial charge in [-0.3, -0.25) is 4.79 Å². The molecule has 1 aliphatic heterocycles. The maximum Gasteiger partial charge on any atom is 0.325 e. The molecule has 1 heterocycles. The fourth-order valence-electron chi connectivity index (χ4n) is 2.92. The van der Waals surface area contributed by atoms with E-state index < -0.39 is 5.54 Å². The monoisotopic (exact) mass is 285 g/mol. The van der Waals surface area contributed by atoms with Gasteiger partial charge in [-0.05, 0) is 66.2 Å². The van der Waals surface area contributed by atoms with E-state index >= 15 is 0 Å². The van der Waals surface area contributed by atoms with E-state index in [9.17, 15) is 4.79 Å². The molecule has 20 heavy (non-hydrogen) atoms. The summed E-state index contributed by atoms with van der Waals surface area (Å²) in [4.78, 5) is 16.4. The highest BCUT2D eigenvalue weighted by Crippen LogP contribution is 2.20. The van der Waals surface area contributed by atoms with Crippen molar-refractivity contribution in [2.75, 3.05) is 40.8 Å². The van der Waals surface area contributed by atoms with Crippen molar-refractivity contribution in [2.45, 2.75) is 44.7 Å². The van der Waals surface area contributed by atoms with Gasteiger partial charge < -0.3 is 20.3 Å². The van der Waals surface area contributed by atoms with E-state index in [1.807, 2.05) is 0 Å². The summed E-state index contributed by atoms with van der Waals surface area (Å²) in [5.41, 5.74) is 5.15. The molecule has 0 saturated carbocycles. The Bertz CT molecular complexity index is 312. The van der Waals surface area contributed by atoms with Crippen LogP contribution in [-0.4, -0.2) is 68.2 Å². The van der Waals surface area contributed by atoms with Gasteiger partial charge in [-0.15, -0.1) is 0 Å². The molecule has 0 aromatic rings. The number of carbonyl (C=O) groups is 1. The number of piperidine rings is 1. The van der Waals surface area contributed by atoms with Crippen molar-refractivity contribution in [1.82, 2.24) is 9.80 Å². The highest BCUT2D eigenvalue weighted by molar-refractivity contribution is 5.79. The van der Waals surface area contributed by atoms with E-state index in [1.165, 1.54) is 33.0 Å². The number of nitrogens with two attached hydrogens (primary N) is 1. The fourth-order valence-corrected chi connectivity index (χ4v) is 2.92. The second kappa shape index (κ2) is 7.38. The van der Waals surface area contributed by atoms with Crippen molar-refractivity contribution in [3.8, 4) is 0 Å². The van der Waals surface area contributed by atoms with Crippen LogP contribution in [0.5, 0.6) is 0 Å². The van der Waals surface area contributed by atoms with Gasteiger partial charge in [0.05, 0.1) is 7.11 Å². The molecule has 0 amide bonds. The van der Waals surface area contributed by atoms with Gasteiger partial charge in [-0.1, -0.05) is 0 Å². The quantitative estimate of drug-likeness (QED) is 0.736. The van der Waals surface area contributed by atoms with Crippen molar-refractivity contribution in [3.63, 3.8) is 0 Å². The normalized spacial score (nSPS) is 22.6. The Hall–Kier alpha value is -0.650. The predicted octanol–water partition coefficient (Wildman–Crippen LogP) is 0.929. The molecule has 1 fully saturated rings. The van der Waals surface area contributed by atoms with Gasteiger partial charge >= 0.3 is 5.97 Å². The zero-order valence-corrected chi connectivity index (χ0v) is 13.7. The number of methoxy groups -OCH3 is 1. The number of hydrogen-bond acceptors (Lipinski definition) is 5. The molecule has 2 atom stereocenters. The standard InChI is InChI=1S/C15H31N3O2/c1-12(10-15(2,16)14(19)20-5)18(4)11-13-6-8-17(3)9-7-13/h12-13H,6-11,16H2,1-5H3. The van der Waals surface area contributed by atoms with Crippen LogP contribution in [0, 0.1) is 5.92 Å². The molecule has 0 spiro atoms. The first kappa shape index (κ1) is 17.4. The van der Waals surface area contributed by atoms with Crippen molar-refractivity contribution in [2.24, 2.45) is 11.7 Å². The minimum atomic E-state index is -0.908. The van der Waals surface area contributed by atoms with Crippen LogP contribution in [0.3, 0.4) is 0 Å². The third kappa shape index (κ3) is 5.04. The summed E-state index contributed by atoms with van der Waals surface area (Å²) in [6.45, 7) is 7.32. The van der Waals surface area contributed by atoms with Crippen molar-refractivity contribution < 1.29 is 9.53 Å². The van der Waals surface area contributed by atoms with Crippen molar-refractivity contribution >= 4 is 5.97 Å². The average Bonchev–Trinajstić information content (AvgIpc) is 2.39. The van der Waals surface area contributed by atoms with Gasteiger partial charge in [0.1, 0.15) is 5.54 Å². The first-order valence-electron chi connectivity index (χ1n) is 7.52. The summed E-state index contributed by atoms with van der Waals surface area (Å²) < 4.78 is 4.77.